The van der Waals surface area contributed by atoms with Crippen molar-refractivity contribution in [3.05, 3.63) is 17.0 Å². The third-order valence-electron chi connectivity index (χ3n) is 3.16. The number of aliphatic hydroxyl groups excluding tert-OH is 3. The maximum absolute atomic E-state index is 13.0. The fraction of sp³-hybridized carbons (Fsp3) is 0.500. The number of imidazole rings is 1. The Bertz CT molecular complexity index is 704. The number of rotatable bonds is 2. The van der Waals surface area contributed by atoms with E-state index in [9.17, 15) is 14.6 Å². The van der Waals surface area contributed by atoms with E-state index in [0.29, 0.717) is 0 Å². The number of aromatic nitrogens is 4. The van der Waals surface area contributed by atoms with Crippen LogP contribution in [0.25, 0.3) is 11.2 Å². The molecule has 1 fully saturated rings. The lowest BCUT2D eigenvalue weighted by Gasteiger charge is -2.17. The summed E-state index contributed by atoms with van der Waals surface area (Å²) in [5.74, 6) is 0. The van der Waals surface area contributed by atoms with E-state index in [1.54, 1.807) is 0 Å². The van der Waals surface area contributed by atoms with E-state index in [-0.39, 0.29) is 15.9 Å². The standard InChI is InChI=1S/C10H11FN4O4S/c11-9-12-3-1-15(10(20)14-7(3)13-9)8-6(18)5(17)4(2-16)19-8/h1,4-6,8,16-18H,2H2,(H,12,13,14,20)/t4-,5?,6+,8-/m1/s1. The Kier molecular flexibility index (Phi) is 3.26. The summed E-state index contributed by atoms with van der Waals surface area (Å²) in [5, 5.41) is 28.7. The second kappa shape index (κ2) is 4.82. The van der Waals surface area contributed by atoms with Gasteiger partial charge in [-0.25, -0.2) is 0 Å². The molecule has 0 spiro atoms. The molecule has 3 heterocycles. The first-order valence-corrected chi connectivity index (χ1v) is 6.19. The van der Waals surface area contributed by atoms with Crippen molar-refractivity contribution in [1.29, 1.82) is 0 Å². The maximum atomic E-state index is 13.0. The molecule has 0 radical (unpaired) electrons. The molecule has 2 aromatic heterocycles. The monoisotopic (exact) mass is 302 g/mol. The third kappa shape index (κ3) is 2.01. The third-order valence-corrected chi connectivity index (χ3v) is 3.47. The van der Waals surface area contributed by atoms with Crippen molar-refractivity contribution < 1.29 is 24.4 Å². The van der Waals surface area contributed by atoms with Gasteiger partial charge in [-0.2, -0.15) is 14.4 Å². The van der Waals surface area contributed by atoms with Crippen molar-refractivity contribution in [3.63, 3.8) is 0 Å². The van der Waals surface area contributed by atoms with Gasteiger partial charge in [-0.05, 0) is 12.2 Å². The maximum Gasteiger partial charge on any atom is 0.289 e. The predicted octanol–water partition coefficient (Wildman–Crippen LogP) is -0.761. The van der Waals surface area contributed by atoms with Crippen molar-refractivity contribution >= 4 is 23.4 Å². The van der Waals surface area contributed by atoms with Crippen LogP contribution in [0.3, 0.4) is 0 Å². The molecule has 2 aromatic rings. The van der Waals surface area contributed by atoms with E-state index in [1.807, 2.05) is 0 Å². The second-order valence-corrected chi connectivity index (χ2v) is 4.79. The first-order valence-electron chi connectivity index (χ1n) is 5.78. The average molecular weight is 302 g/mol. The number of hydrogen-bond acceptors (Lipinski definition) is 7. The summed E-state index contributed by atoms with van der Waals surface area (Å²) in [6, 6.07) is 0. The number of halogens is 1. The van der Waals surface area contributed by atoms with Crippen LogP contribution in [-0.4, -0.2) is 59.8 Å². The zero-order chi connectivity index (χ0) is 14.4. The van der Waals surface area contributed by atoms with Gasteiger partial charge in [-0.1, -0.05) is 0 Å². The van der Waals surface area contributed by atoms with Crippen LogP contribution >= 0.6 is 12.2 Å². The quantitative estimate of drug-likeness (QED) is 0.425. The number of hydrogen-bond donors (Lipinski definition) is 4. The topological polar surface area (TPSA) is 116 Å². The van der Waals surface area contributed by atoms with Crippen LogP contribution in [0.2, 0.25) is 0 Å². The van der Waals surface area contributed by atoms with Crippen molar-refractivity contribution in [2.45, 2.75) is 24.5 Å². The van der Waals surface area contributed by atoms with Gasteiger partial charge in [-0.3, -0.25) is 4.57 Å². The van der Waals surface area contributed by atoms with Gasteiger partial charge in [0.25, 0.3) is 6.08 Å². The fourth-order valence-corrected chi connectivity index (χ4v) is 2.40. The van der Waals surface area contributed by atoms with Crippen molar-refractivity contribution in [2.24, 2.45) is 0 Å². The molecule has 3 rings (SSSR count). The van der Waals surface area contributed by atoms with Crippen molar-refractivity contribution in [2.75, 3.05) is 6.61 Å². The van der Waals surface area contributed by atoms with Gasteiger partial charge in [0.1, 0.15) is 23.8 Å². The predicted molar refractivity (Wildman–Crippen MR) is 65.7 cm³/mol. The van der Waals surface area contributed by atoms with Gasteiger partial charge >= 0.3 is 0 Å². The van der Waals surface area contributed by atoms with Crippen LogP contribution < -0.4 is 0 Å². The number of aromatic amines is 1. The van der Waals surface area contributed by atoms with Gasteiger partial charge in [0.05, 0.1) is 6.61 Å². The van der Waals surface area contributed by atoms with E-state index in [1.165, 1.54) is 10.8 Å². The number of ether oxygens (including phenoxy) is 1. The molecule has 108 valence electrons. The van der Waals surface area contributed by atoms with Crippen molar-refractivity contribution in [3.8, 4) is 0 Å². The van der Waals surface area contributed by atoms with E-state index in [0.717, 1.165) is 0 Å². The lowest BCUT2D eigenvalue weighted by Crippen LogP contribution is -2.33. The van der Waals surface area contributed by atoms with Gasteiger partial charge in [-0.15, -0.1) is 0 Å². The molecule has 0 aliphatic carbocycles. The molecule has 1 aliphatic rings. The molecule has 1 saturated heterocycles. The summed E-state index contributed by atoms with van der Waals surface area (Å²) in [5.41, 5.74) is 0.379. The van der Waals surface area contributed by atoms with E-state index >= 15 is 0 Å². The largest absolute Gasteiger partial charge is 0.394 e. The van der Waals surface area contributed by atoms with Crippen LogP contribution in [0, 0.1) is 10.8 Å². The summed E-state index contributed by atoms with van der Waals surface area (Å²) in [6.45, 7) is -0.448. The number of H-pyrrole nitrogens is 1. The molecule has 1 unspecified atom stereocenters. The Labute approximate surface area is 116 Å². The van der Waals surface area contributed by atoms with Crippen LogP contribution in [0.1, 0.15) is 6.23 Å². The number of nitrogens with one attached hydrogen (secondary N) is 1. The number of aliphatic hydroxyl groups is 3. The Morgan fingerprint density at radius 2 is 2.15 bits per heavy atom. The minimum Gasteiger partial charge on any atom is -0.394 e. The first-order chi connectivity index (χ1) is 9.51. The van der Waals surface area contributed by atoms with E-state index in [4.69, 9.17) is 22.1 Å². The highest BCUT2D eigenvalue weighted by atomic mass is 32.1. The molecule has 4 atom stereocenters. The summed E-state index contributed by atoms with van der Waals surface area (Å²) in [4.78, 5) is 9.76. The molecule has 0 saturated carbocycles. The SMILES string of the molecule is OC[C@H]1O[C@@H](n2cc3[nH]c(F)nc3nc2=S)[C@@H](O)C1O. The molecule has 0 bridgehead atoms. The molecule has 20 heavy (non-hydrogen) atoms. The van der Waals surface area contributed by atoms with Gasteiger partial charge in [0.2, 0.25) is 4.77 Å². The van der Waals surface area contributed by atoms with Crippen LogP contribution in [0.15, 0.2) is 6.20 Å². The molecule has 0 aromatic carbocycles. The average Bonchev–Trinajstić information content (AvgIpc) is 2.89. The molecule has 8 nitrogen and oxygen atoms in total. The summed E-state index contributed by atoms with van der Waals surface area (Å²) >= 11 is 5.03. The molecular formula is C10H11FN4O4S. The lowest BCUT2D eigenvalue weighted by atomic mass is 10.1. The molecular weight excluding hydrogens is 291 g/mol. The van der Waals surface area contributed by atoms with E-state index in [2.05, 4.69) is 15.0 Å². The first kappa shape index (κ1) is 13.5. The zero-order valence-electron chi connectivity index (χ0n) is 9.97. The summed E-state index contributed by atoms with van der Waals surface area (Å²) in [6.07, 6.45) is -3.89. The highest BCUT2D eigenvalue weighted by Crippen LogP contribution is 2.29. The summed E-state index contributed by atoms with van der Waals surface area (Å²) < 4.78 is 19.6. The van der Waals surface area contributed by atoms with Gasteiger partial charge in [0, 0.05) is 6.20 Å². The Hall–Kier alpha value is -1.46. The Morgan fingerprint density at radius 1 is 1.40 bits per heavy atom. The minimum atomic E-state index is -1.29. The number of fused-ring (bicyclic) bond motifs is 1. The fourth-order valence-electron chi connectivity index (χ4n) is 2.16. The highest BCUT2D eigenvalue weighted by Gasteiger charge is 2.43. The van der Waals surface area contributed by atoms with Crippen LogP contribution in [0.5, 0.6) is 0 Å². The molecule has 0 amide bonds. The minimum absolute atomic E-state index is 0.0128. The van der Waals surface area contributed by atoms with Gasteiger partial charge < -0.3 is 25.0 Å². The molecule has 4 N–H and O–H groups in total. The highest BCUT2D eigenvalue weighted by molar-refractivity contribution is 7.71. The Morgan fingerprint density at radius 3 is 2.80 bits per heavy atom. The van der Waals surface area contributed by atoms with E-state index < -0.39 is 37.2 Å². The van der Waals surface area contributed by atoms with Gasteiger partial charge in [0.15, 0.2) is 11.9 Å². The zero-order valence-corrected chi connectivity index (χ0v) is 10.8. The van der Waals surface area contributed by atoms with Crippen LogP contribution in [-0.2, 0) is 4.74 Å². The normalized spacial score (nSPS) is 30.2. The van der Waals surface area contributed by atoms with Crippen molar-refractivity contribution in [1.82, 2.24) is 19.5 Å². The lowest BCUT2D eigenvalue weighted by molar-refractivity contribution is -0.0538. The number of nitrogens with zero attached hydrogens (tertiary/aromatic N) is 3. The molecule has 10 heteroatoms. The Balaban J connectivity index is 2.06. The smallest absolute Gasteiger partial charge is 0.289 e. The molecule has 1 aliphatic heterocycles. The summed E-state index contributed by atoms with van der Waals surface area (Å²) in [7, 11) is 0. The van der Waals surface area contributed by atoms with Crippen LogP contribution in [0.4, 0.5) is 4.39 Å². The second-order valence-electron chi connectivity index (χ2n) is 4.42.